The van der Waals surface area contributed by atoms with E-state index in [1.807, 2.05) is 17.0 Å². The first kappa shape index (κ1) is 15.1. The number of hydrogen-bond acceptors (Lipinski definition) is 4. The Balaban J connectivity index is 1.71. The zero-order valence-corrected chi connectivity index (χ0v) is 14.0. The van der Waals surface area contributed by atoms with Gasteiger partial charge in [-0.25, -0.2) is 4.98 Å². The number of carbonyl (C=O) groups is 1. The molecule has 6 heteroatoms. The molecule has 22 heavy (non-hydrogen) atoms. The molecular formula is C16H12BrN3OS. The monoisotopic (exact) mass is 373 g/mol. The molecule has 1 aliphatic heterocycles. The Morgan fingerprint density at radius 2 is 2.32 bits per heavy atom. The fourth-order valence-electron chi connectivity index (χ4n) is 2.43. The number of fused-ring (bicyclic) bond motifs is 1. The van der Waals surface area contributed by atoms with Crippen molar-refractivity contribution in [2.24, 2.45) is 0 Å². The van der Waals surface area contributed by atoms with E-state index < -0.39 is 0 Å². The summed E-state index contributed by atoms with van der Waals surface area (Å²) in [5, 5.41) is 9.65. The minimum atomic E-state index is 0.0422. The average molecular weight is 374 g/mol. The molecule has 0 N–H and O–H groups in total. The van der Waals surface area contributed by atoms with E-state index in [2.05, 4.69) is 33.0 Å². The second-order valence-electron chi connectivity index (χ2n) is 4.83. The Morgan fingerprint density at radius 1 is 1.45 bits per heavy atom. The Labute approximate surface area is 141 Å². The number of pyridine rings is 1. The third kappa shape index (κ3) is 3.01. The van der Waals surface area contributed by atoms with Gasteiger partial charge < -0.3 is 4.90 Å². The molecule has 0 fully saturated rings. The summed E-state index contributed by atoms with van der Waals surface area (Å²) in [6.07, 6.45) is 2.51. The lowest BCUT2D eigenvalue weighted by molar-refractivity contribution is -0.116. The summed E-state index contributed by atoms with van der Waals surface area (Å²) in [6.45, 7) is 0.707. The van der Waals surface area contributed by atoms with E-state index in [1.54, 1.807) is 18.3 Å². The van der Waals surface area contributed by atoms with Crippen LogP contribution < -0.4 is 4.90 Å². The van der Waals surface area contributed by atoms with E-state index in [-0.39, 0.29) is 11.7 Å². The third-order valence-electron chi connectivity index (χ3n) is 3.46. The summed E-state index contributed by atoms with van der Waals surface area (Å²) in [4.78, 5) is 18.4. The maximum absolute atomic E-state index is 12.4. The van der Waals surface area contributed by atoms with Crippen LogP contribution >= 0.6 is 27.7 Å². The molecule has 0 saturated carbocycles. The maximum Gasteiger partial charge on any atom is 0.237 e. The summed E-state index contributed by atoms with van der Waals surface area (Å²) in [6, 6.07) is 11.5. The molecule has 2 aromatic rings. The van der Waals surface area contributed by atoms with E-state index in [9.17, 15) is 4.79 Å². The Bertz CT molecular complexity index is 772. The Hall–Kier alpha value is -1.84. The molecule has 1 aromatic carbocycles. The molecular weight excluding hydrogens is 362 g/mol. The van der Waals surface area contributed by atoms with Gasteiger partial charge in [-0.2, -0.15) is 5.26 Å². The van der Waals surface area contributed by atoms with Gasteiger partial charge in [-0.3, -0.25) is 4.79 Å². The van der Waals surface area contributed by atoms with Gasteiger partial charge in [-0.05, 0) is 42.3 Å². The van der Waals surface area contributed by atoms with Gasteiger partial charge in [0.2, 0.25) is 5.91 Å². The minimum absolute atomic E-state index is 0.0422. The molecule has 2 heterocycles. The van der Waals surface area contributed by atoms with Crippen LogP contribution in [0.15, 0.2) is 46.0 Å². The van der Waals surface area contributed by atoms with Crippen LogP contribution in [0.1, 0.15) is 11.1 Å². The molecule has 1 amide bonds. The molecule has 0 aliphatic carbocycles. The predicted molar refractivity (Wildman–Crippen MR) is 89.9 cm³/mol. The van der Waals surface area contributed by atoms with Gasteiger partial charge in [-0.15, -0.1) is 0 Å². The fraction of sp³-hybridized carbons (Fsp3) is 0.188. The van der Waals surface area contributed by atoms with Crippen molar-refractivity contribution in [3.63, 3.8) is 0 Å². The number of halogens is 1. The standard InChI is InChI=1S/C16H12BrN3OS/c17-13-3-4-14-11(8-13)5-7-20(14)15(21)10-22-16-12(9-18)2-1-6-19-16/h1-4,6,8H,5,7,10H2. The number of carbonyl (C=O) groups excluding carboxylic acids is 1. The summed E-state index contributed by atoms with van der Waals surface area (Å²) >= 11 is 4.76. The first-order valence-corrected chi connectivity index (χ1v) is 8.53. The van der Waals surface area contributed by atoms with Crippen molar-refractivity contribution >= 4 is 39.3 Å². The van der Waals surface area contributed by atoms with Crippen molar-refractivity contribution in [2.75, 3.05) is 17.2 Å². The van der Waals surface area contributed by atoms with Crippen LogP contribution in [0, 0.1) is 11.3 Å². The van der Waals surface area contributed by atoms with Crippen LogP contribution in [0.4, 0.5) is 5.69 Å². The summed E-state index contributed by atoms with van der Waals surface area (Å²) in [5.41, 5.74) is 2.67. The second-order valence-corrected chi connectivity index (χ2v) is 6.70. The molecule has 1 aliphatic rings. The van der Waals surface area contributed by atoms with E-state index in [1.165, 1.54) is 17.3 Å². The van der Waals surface area contributed by atoms with Gasteiger partial charge >= 0.3 is 0 Å². The first-order chi connectivity index (χ1) is 10.7. The Morgan fingerprint density at radius 3 is 3.14 bits per heavy atom. The van der Waals surface area contributed by atoms with Crippen LogP contribution in [0.5, 0.6) is 0 Å². The molecule has 0 radical (unpaired) electrons. The number of hydrogen-bond donors (Lipinski definition) is 0. The molecule has 3 rings (SSSR count). The number of aromatic nitrogens is 1. The van der Waals surface area contributed by atoms with E-state index >= 15 is 0 Å². The van der Waals surface area contributed by atoms with Crippen molar-refractivity contribution in [3.05, 3.63) is 52.1 Å². The largest absolute Gasteiger partial charge is 0.311 e. The molecule has 1 aromatic heterocycles. The second kappa shape index (κ2) is 6.51. The average Bonchev–Trinajstić information content (AvgIpc) is 2.95. The molecule has 0 spiro atoms. The van der Waals surface area contributed by atoms with Crippen LogP contribution in [0.3, 0.4) is 0 Å². The lowest BCUT2D eigenvalue weighted by Crippen LogP contribution is -2.30. The summed E-state index contributed by atoms with van der Waals surface area (Å²) in [7, 11) is 0. The lowest BCUT2D eigenvalue weighted by Gasteiger charge is -2.17. The van der Waals surface area contributed by atoms with Crippen LogP contribution in [0.25, 0.3) is 0 Å². The first-order valence-electron chi connectivity index (χ1n) is 6.76. The van der Waals surface area contributed by atoms with Crippen molar-refractivity contribution in [1.29, 1.82) is 5.26 Å². The van der Waals surface area contributed by atoms with E-state index in [0.29, 0.717) is 17.1 Å². The van der Waals surface area contributed by atoms with Gasteiger partial charge in [0, 0.05) is 22.9 Å². The number of thioether (sulfide) groups is 1. The van der Waals surface area contributed by atoms with E-state index in [4.69, 9.17) is 5.26 Å². The van der Waals surface area contributed by atoms with Crippen molar-refractivity contribution < 1.29 is 4.79 Å². The highest BCUT2D eigenvalue weighted by atomic mass is 79.9. The number of amides is 1. The highest BCUT2D eigenvalue weighted by Crippen LogP contribution is 2.31. The predicted octanol–water partition coefficient (Wildman–Crippen LogP) is 3.40. The zero-order valence-electron chi connectivity index (χ0n) is 11.6. The highest BCUT2D eigenvalue weighted by Gasteiger charge is 2.24. The maximum atomic E-state index is 12.4. The fourth-order valence-corrected chi connectivity index (χ4v) is 3.66. The van der Waals surface area contributed by atoms with Gasteiger partial charge in [-0.1, -0.05) is 27.7 Å². The lowest BCUT2D eigenvalue weighted by atomic mass is 10.2. The SMILES string of the molecule is N#Cc1cccnc1SCC(=O)N1CCc2cc(Br)ccc21. The molecule has 4 nitrogen and oxygen atoms in total. The van der Waals surface area contributed by atoms with Gasteiger partial charge in [0.15, 0.2) is 0 Å². The highest BCUT2D eigenvalue weighted by molar-refractivity contribution is 9.10. The number of nitriles is 1. The number of nitrogens with zero attached hydrogens (tertiary/aromatic N) is 3. The number of benzene rings is 1. The molecule has 0 unspecified atom stereocenters. The molecule has 0 atom stereocenters. The molecule has 0 bridgehead atoms. The van der Waals surface area contributed by atoms with Gasteiger partial charge in [0.1, 0.15) is 11.1 Å². The van der Waals surface area contributed by atoms with Gasteiger partial charge in [0.25, 0.3) is 0 Å². The molecule has 0 saturated heterocycles. The minimum Gasteiger partial charge on any atom is -0.311 e. The Kier molecular flexibility index (Phi) is 4.46. The quantitative estimate of drug-likeness (QED) is 0.773. The molecule has 110 valence electrons. The van der Waals surface area contributed by atoms with Crippen molar-refractivity contribution in [1.82, 2.24) is 4.98 Å². The van der Waals surface area contributed by atoms with Crippen LogP contribution in [-0.4, -0.2) is 23.2 Å². The smallest absolute Gasteiger partial charge is 0.237 e. The summed E-state index contributed by atoms with van der Waals surface area (Å²) < 4.78 is 1.03. The van der Waals surface area contributed by atoms with Crippen LogP contribution in [0.2, 0.25) is 0 Å². The van der Waals surface area contributed by atoms with Crippen LogP contribution in [-0.2, 0) is 11.2 Å². The third-order valence-corrected chi connectivity index (χ3v) is 4.95. The van der Waals surface area contributed by atoms with Crippen molar-refractivity contribution in [3.8, 4) is 6.07 Å². The zero-order chi connectivity index (χ0) is 15.5. The number of anilines is 1. The number of rotatable bonds is 3. The topological polar surface area (TPSA) is 57.0 Å². The van der Waals surface area contributed by atoms with Crippen molar-refractivity contribution in [2.45, 2.75) is 11.4 Å². The van der Waals surface area contributed by atoms with E-state index in [0.717, 1.165) is 16.6 Å². The summed E-state index contributed by atoms with van der Waals surface area (Å²) in [5.74, 6) is 0.321. The normalized spacial score (nSPS) is 12.8. The van der Waals surface area contributed by atoms with Gasteiger partial charge in [0.05, 0.1) is 11.3 Å².